The molecule has 1 aliphatic heterocycles. The molecule has 15 heteroatoms. The van der Waals surface area contributed by atoms with Crippen molar-refractivity contribution in [3.05, 3.63) is 119 Å². The third-order valence-electron chi connectivity index (χ3n) is 10.8. The van der Waals surface area contributed by atoms with Crippen molar-refractivity contribution < 1.29 is 96.9 Å². The van der Waals surface area contributed by atoms with Crippen molar-refractivity contribution in [1.29, 1.82) is 0 Å². The molecule has 4 aromatic rings. The molecule has 2 fully saturated rings. The average molecular weight is 825 g/mol. The molecule has 2 amide bonds. The molecule has 0 spiro atoms. The van der Waals surface area contributed by atoms with E-state index in [1.54, 1.807) is 43.3 Å². The fourth-order valence-corrected chi connectivity index (χ4v) is 9.32. The van der Waals surface area contributed by atoms with E-state index in [1.807, 2.05) is 18.2 Å². The van der Waals surface area contributed by atoms with Crippen LogP contribution in [0.2, 0.25) is 0 Å². The smallest absolute Gasteiger partial charge is 0.550 e. The second kappa shape index (κ2) is 21.6. The number of rotatable bonds is 14. The number of carbonyl (C=O) groups excluding carboxylic acids is 4. The minimum atomic E-state index is -4.02. The van der Waals surface area contributed by atoms with Crippen LogP contribution in [0, 0.1) is 5.92 Å². The number of carbonyl (C=O) groups is 4. The largest absolute Gasteiger partial charge is 1.00 e. The van der Waals surface area contributed by atoms with Crippen LogP contribution in [0.3, 0.4) is 0 Å². The summed E-state index contributed by atoms with van der Waals surface area (Å²) in [6.07, 6.45) is 6.09. The number of aromatic carboxylic acids is 1. The number of sulfonamides is 1. The molecule has 1 aliphatic carbocycles. The molecule has 2 N–H and O–H groups in total. The summed E-state index contributed by atoms with van der Waals surface area (Å²) in [4.78, 5) is 52.2. The Morgan fingerprint density at radius 1 is 0.724 bits per heavy atom. The molecule has 0 radical (unpaired) electrons. The molecule has 1 saturated carbocycles. The molecule has 2 aliphatic rings. The molecule has 12 nitrogen and oxygen atoms in total. The Hall–Kier alpha value is -3.53. The number of hydrogen-bond donors (Lipinski definition) is 2. The monoisotopic (exact) mass is 824 g/mol. The molecule has 58 heavy (non-hydrogen) atoms. The van der Waals surface area contributed by atoms with Crippen molar-refractivity contribution in [2.75, 3.05) is 35.2 Å². The predicted molar refractivity (Wildman–Crippen MR) is 210 cm³/mol. The van der Waals surface area contributed by atoms with Gasteiger partial charge in [0.1, 0.15) is 0 Å². The Bertz CT molecular complexity index is 2170. The molecule has 0 bridgehead atoms. The van der Waals surface area contributed by atoms with E-state index in [-0.39, 0.29) is 99.0 Å². The Labute approximate surface area is 384 Å². The second-order valence-electron chi connectivity index (χ2n) is 14.4. The van der Waals surface area contributed by atoms with Gasteiger partial charge in [-0.25, -0.2) is 8.42 Å². The van der Waals surface area contributed by atoms with Crippen LogP contribution in [0.1, 0.15) is 94.1 Å². The molecule has 0 unspecified atom stereocenters. The summed E-state index contributed by atoms with van der Waals surface area (Å²) >= 11 is 0. The Balaban J connectivity index is 0.00000372. The van der Waals surface area contributed by atoms with Gasteiger partial charge in [-0.3, -0.25) is 9.59 Å². The first-order valence-electron chi connectivity index (χ1n) is 19.2. The maximum atomic E-state index is 13.9. The summed E-state index contributed by atoms with van der Waals surface area (Å²) in [5.41, 5.74) is 4.18. The van der Waals surface area contributed by atoms with Crippen LogP contribution < -0.4 is 84.9 Å². The standard InChI is InChI=1S/C43H48N4O8S.2Na/c1-2-47(35-21-17-32(18-22-35)43(52)53)56(54,55)37-8-6-7-33(27-37)40(48)45-39-24-23-36(46-25-4-3-5-26-46)28-38(39)41(49)44-34-19-13-30(14-20-34)10-9-29-11-15-31(16-12-29)42(50)51;;/h6-8,11-16,19-20,23-24,27-28,32,35H,2-5,9-10,17-18,21-22,25-26H2,1H3,(H,44,49)(H,45,48)(H,50,51)(H,52,53);;/q;2*+1/p-2. The van der Waals surface area contributed by atoms with Crippen LogP contribution in [0.4, 0.5) is 17.1 Å². The van der Waals surface area contributed by atoms with Gasteiger partial charge in [-0.2, -0.15) is 4.31 Å². The minimum absolute atomic E-state index is 0. The molecule has 1 heterocycles. The van der Waals surface area contributed by atoms with E-state index in [0.29, 0.717) is 44.2 Å². The number of carboxylic acids is 2. The number of carboxylic acid groups (broad SMARTS) is 2. The predicted octanol–water partition coefficient (Wildman–Crippen LogP) is -1.34. The van der Waals surface area contributed by atoms with Crippen molar-refractivity contribution in [1.82, 2.24) is 4.31 Å². The Morgan fingerprint density at radius 2 is 1.34 bits per heavy atom. The molecule has 6 rings (SSSR count). The number of nitrogens with one attached hydrogen (secondary N) is 2. The quantitative estimate of drug-likeness (QED) is 0.146. The van der Waals surface area contributed by atoms with Gasteiger partial charge in [0.25, 0.3) is 11.8 Å². The van der Waals surface area contributed by atoms with Gasteiger partial charge in [-0.15, -0.1) is 0 Å². The number of amides is 2. The van der Waals surface area contributed by atoms with Gasteiger partial charge in [0, 0.05) is 48.6 Å². The van der Waals surface area contributed by atoms with Crippen molar-refractivity contribution in [3.63, 3.8) is 0 Å². The third kappa shape index (κ3) is 11.8. The number of anilines is 3. The first kappa shape index (κ1) is 47.2. The van der Waals surface area contributed by atoms with E-state index in [9.17, 15) is 37.8 Å². The first-order valence-corrected chi connectivity index (χ1v) is 20.6. The normalized spacial score (nSPS) is 16.7. The molecule has 0 aromatic heterocycles. The number of benzene rings is 4. The molecule has 294 valence electrons. The van der Waals surface area contributed by atoms with E-state index in [4.69, 9.17) is 0 Å². The van der Waals surface area contributed by atoms with Crippen LogP contribution in [-0.4, -0.2) is 62.2 Å². The van der Waals surface area contributed by atoms with E-state index in [0.717, 1.165) is 49.2 Å². The van der Waals surface area contributed by atoms with Crippen molar-refractivity contribution >= 4 is 50.8 Å². The molecule has 0 atom stereocenters. The number of aryl methyl sites for hydroxylation is 2. The number of aliphatic carboxylic acids is 1. The topological polar surface area (TPSA) is 179 Å². The van der Waals surface area contributed by atoms with Crippen LogP contribution in [0.25, 0.3) is 0 Å². The van der Waals surface area contributed by atoms with E-state index in [1.165, 1.54) is 40.7 Å². The van der Waals surface area contributed by atoms with Crippen molar-refractivity contribution in [3.8, 4) is 0 Å². The number of nitrogens with zero attached hydrogens (tertiary/aromatic N) is 2. The van der Waals surface area contributed by atoms with Gasteiger partial charge in [-0.1, -0.05) is 49.4 Å². The second-order valence-corrected chi connectivity index (χ2v) is 16.3. The van der Waals surface area contributed by atoms with Crippen LogP contribution in [-0.2, 0) is 27.7 Å². The zero-order chi connectivity index (χ0) is 39.8. The Kier molecular flexibility index (Phi) is 17.6. The van der Waals surface area contributed by atoms with E-state index >= 15 is 0 Å². The van der Waals surface area contributed by atoms with Gasteiger partial charge in [0.05, 0.1) is 22.1 Å². The van der Waals surface area contributed by atoms with Crippen LogP contribution >= 0.6 is 0 Å². The zero-order valence-electron chi connectivity index (χ0n) is 33.4. The van der Waals surface area contributed by atoms with Crippen molar-refractivity contribution in [2.24, 2.45) is 5.92 Å². The van der Waals surface area contributed by atoms with Gasteiger partial charge < -0.3 is 35.3 Å². The molecular formula is C43H46N4Na2O8S. The number of hydrogen-bond acceptors (Lipinski definition) is 9. The molecule has 4 aromatic carbocycles. The van der Waals surface area contributed by atoms with Gasteiger partial charge in [0.15, 0.2) is 0 Å². The molecule has 1 saturated heterocycles. The summed E-state index contributed by atoms with van der Waals surface area (Å²) in [6, 6.07) is 24.8. The van der Waals surface area contributed by atoms with E-state index in [2.05, 4.69) is 15.5 Å². The summed E-state index contributed by atoms with van der Waals surface area (Å²) in [6.45, 7) is 3.62. The van der Waals surface area contributed by atoms with Gasteiger partial charge in [-0.05, 0) is 129 Å². The fraction of sp³-hybridized carbons (Fsp3) is 0.349. The maximum absolute atomic E-state index is 13.9. The van der Waals surface area contributed by atoms with Crippen LogP contribution in [0.5, 0.6) is 0 Å². The van der Waals surface area contributed by atoms with Gasteiger partial charge in [0.2, 0.25) is 10.0 Å². The van der Waals surface area contributed by atoms with E-state index < -0.39 is 39.7 Å². The van der Waals surface area contributed by atoms with Crippen molar-refractivity contribution in [2.45, 2.75) is 75.6 Å². The maximum Gasteiger partial charge on any atom is 1.00 e. The number of piperidine rings is 1. The zero-order valence-corrected chi connectivity index (χ0v) is 38.2. The van der Waals surface area contributed by atoms with Gasteiger partial charge >= 0.3 is 59.1 Å². The first-order chi connectivity index (χ1) is 26.9. The summed E-state index contributed by atoms with van der Waals surface area (Å²) < 4.78 is 29.1. The average Bonchev–Trinajstić information content (AvgIpc) is 3.21. The SMILES string of the molecule is CCN(C1CCC(C(=O)[O-])CC1)S(=O)(=O)c1cccc(C(=O)Nc2ccc(N3CCCCC3)cc2C(=O)Nc2ccc(CCc3ccc(C(=O)[O-])cc3)cc2)c1.[Na+].[Na+]. The minimum Gasteiger partial charge on any atom is -0.550 e. The fourth-order valence-electron chi connectivity index (χ4n) is 7.58. The molecular weight excluding hydrogens is 779 g/mol. The third-order valence-corrected chi connectivity index (χ3v) is 12.8. The van der Waals surface area contributed by atoms with Crippen LogP contribution in [0.15, 0.2) is 95.9 Å². The summed E-state index contributed by atoms with van der Waals surface area (Å²) in [5.74, 6) is -3.93. The summed E-state index contributed by atoms with van der Waals surface area (Å²) in [5, 5.41) is 28.2. The Morgan fingerprint density at radius 3 is 1.93 bits per heavy atom. The summed E-state index contributed by atoms with van der Waals surface area (Å²) in [7, 11) is -4.02.